The minimum atomic E-state index is -0.127. The molecule has 0 aromatic rings. The topological polar surface area (TPSA) is 67.6 Å². The average Bonchev–Trinajstić information content (AvgIpc) is 2.82. The molecule has 1 rings (SSSR count). The van der Waals surface area contributed by atoms with Crippen LogP contribution in [0.15, 0.2) is 0 Å². The first kappa shape index (κ1) is 14.9. The van der Waals surface area contributed by atoms with Crippen LogP contribution in [0.2, 0.25) is 0 Å². The third-order valence-corrected chi connectivity index (χ3v) is 3.44. The monoisotopic (exact) mass is 253 g/mol. The fraction of sp³-hybridized carbons (Fsp3) is 0.846. The quantitative estimate of drug-likeness (QED) is 0.739. The number of aliphatic hydroxyl groups is 1. The third-order valence-electron chi connectivity index (χ3n) is 3.44. The average molecular weight is 253 g/mol. The molecule has 5 nitrogen and oxygen atoms in total. The summed E-state index contributed by atoms with van der Waals surface area (Å²) >= 11 is 0. The number of nitriles is 1. The summed E-state index contributed by atoms with van der Waals surface area (Å²) in [6.07, 6.45) is 0.963. The number of carbonyl (C=O) groups excluding carboxylic acids is 1. The van der Waals surface area contributed by atoms with Crippen molar-refractivity contribution < 1.29 is 9.90 Å². The Hall–Kier alpha value is -1.12. The Balaban J connectivity index is 2.41. The number of carbonyl (C=O) groups is 1. The van der Waals surface area contributed by atoms with Crippen molar-refractivity contribution >= 4 is 5.91 Å². The van der Waals surface area contributed by atoms with Gasteiger partial charge in [-0.3, -0.25) is 9.69 Å². The molecule has 1 aliphatic heterocycles. The number of likely N-dealkylation sites (tertiary alicyclic amines) is 1. The minimum Gasteiger partial charge on any atom is -0.396 e. The highest BCUT2D eigenvalue weighted by molar-refractivity contribution is 5.78. The van der Waals surface area contributed by atoms with Gasteiger partial charge in [-0.25, -0.2) is 0 Å². The first-order valence-electron chi connectivity index (χ1n) is 6.61. The van der Waals surface area contributed by atoms with Crippen LogP contribution in [0.1, 0.15) is 20.3 Å². The molecule has 5 heteroatoms. The molecule has 0 aromatic carbocycles. The van der Waals surface area contributed by atoms with E-state index in [4.69, 9.17) is 10.4 Å². The van der Waals surface area contributed by atoms with Crippen LogP contribution in [0.3, 0.4) is 0 Å². The Morgan fingerprint density at radius 3 is 2.89 bits per heavy atom. The van der Waals surface area contributed by atoms with E-state index < -0.39 is 0 Å². The van der Waals surface area contributed by atoms with Crippen LogP contribution in [0, 0.1) is 23.2 Å². The zero-order valence-electron chi connectivity index (χ0n) is 11.3. The fourth-order valence-corrected chi connectivity index (χ4v) is 2.28. The predicted octanol–water partition coefficient (Wildman–Crippen LogP) is 0.309. The lowest BCUT2D eigenvalue weighted by Crippen LogP contribution is -2.41. The van der Waals surface area contributed by atoms with Crippen LogP contribution in [0.5, 0.6) is 0 Å². The number of likely N-dealkylation sites (N-methyl/N-ethyl adjacent to an activating group) is 1. The van der Waals surface area contributed by atoms with Gasteiger partial charge in [-0.1, -0.05) is 0 Å². The van der Waals surface area contributed by atoms with Crippen LogP contribution >= 0.6 is 0 Å². The third kappa shape index (κ3) is 4.28. The zero-order chi connectivity index (χ0) is 13.5. The molecule has 18 heavy (non-hydrogen) atoms. The van der Waals surface area contributed by atoms with Gasteiger partial charge in [-0.2, -0.15) is 5.26 Å². The molecule has 1 heterocycles. The Bertz CT molecular complexity index is 314. The van der Waals surface area contributed by atoms with Crippen molar-refractivity contribution in [1.82, 2.24) is 9.80 Å². The number of hydrogen-bond donors (Lipinski definition) is 1. The van der Waals surface area contributed by atoms with Crippen LogP contribution in [-0.4, -0.2) is 60.1 Å². The van der Waals surface area contributed by atoms with E-state index in [1.165, 1.54) is 0 Å². The van der Waals surface area contributed by atoms with Crippen LogP contribution in [-0.2, 0) is 4.79 Å². The summed E-state index contributed by atoms with van der Waals surface area (Å²) in [7, 11) is 0. The van der Waals surface area contributed by atoms with Crippen molar-refractivity contribution in [3.05, 3.63) is 0 Å². The Labute approximate surface area is 109 Å². The van der Waals surface area contributed by atoms with E-state index in [2.05, 4.69) is 11.0 Å². The second-order valence-corrected chi connectivity index (χ2v) is 5.03. The van der Waals surface area contributed by atoms with Gasteiger partial charge in [0, 0.05) is 26.2 Å². The van der Waals surface area contributed by atoms with Gasteiger partial charge in [0.25, 0.3) is 0 Å². The molecule has 0 unspecified atom stereocenters. The largest absolute Gasteiger partial charge is 0.396 e. The van der Waals surface area contributed by atoms with Crippen molar-refractivity contribution in [2.24, 2.45) is 11.8 Å². The predicted molar refractivity (Wildman–Crippen MR) is 68.7 cm³/mol. The molecule has 1 N–H and O–H groups in total. The summed E-state index contributed by atoms with van der Waals surface area (Å²) in [6, 6.07) is 2.15. The highest BCUT2D eigenvalue weighted by atomic mass is 16.3. The highest BCUT2D eigenvalue weighted by Gasteiger charge is 2.25. The molecule has 0 aromatic heterocycles. The molecule has 2 atom stereocenters. The van der Waals surface area contributed by atoms with Crippen molar-refractivity contribution in [1.29, 1.82) is 5.26 Å². The summed E-state index contributed by atoms with van der Waals surface area (Å²) < 4.78 is 0. The summed E-state index contributed by atoms with van der Waals surface area (Å²) in [4.78, 5) is 15.9. The molecule has 1 aliphatic rings. The van der Waals surface area contributed by atoms with Crippen molar-refractivity contribution in [3.63, 3.8) is 0 Å². The highest BCUT2D eigenvalue weighted by Crippen LogP contribution is 2.15. The van der Waals surface area contributed by atoms with Crippen LogP contribution < -0.4 is 0 Å². The SMILES string of the molecule is CCN(C[C@H](C)C#N)C(=O)CN1CC[C@H](CO)C1. The maximum Gasteiger partial charge on any atom is 0.236 e. The molecule has 1 saturated heterocycles. The molecule has 0 saturated carbocycles. The van der Waals surface area contributed by atoms with Gasteiger partial charge >= 0.3 is 0 Å². The van der Waals surface area contributed by atoms with Gasteiger partial charge in [0.15, 0.2) is 0 Å². The lowest BCUT2D eigenvalue weighted by Gasteiger charge is -2.25. The van der Waals surface area contributed by atoms with E-state index in [1.807, 2.05) is 13.8 Å². The Morgan fingerprint density at radius 1 is 1.67 bits per heavy atom. The van der Waals surface area contributed by atoms with Crippen molar-refractivity contribution in [3.8, 4) is 6.07 Å². The molecule has 102 valence electrons. The number of rotatable bonds is 6. The Morgan fingerprint density at radius 2 is 2.39 bits per heavy atom. The fourth-order valence-electron chi connectivity index (χ4n) is 2.28. The maximum absolute atomic E-state index is 12.1. The molecule has 0 bridgehead atoms. The molecule has 0 aliphatic carbocycles. The van der Waals surface area contributed by atoms with E-state index >= 15 is 0 Å². The lowest BCUT2D eigenvalue weighted by atomic mass is 10.1. The van der Waals surface area contributed by atoms with Crippen LogP contribution in [0.25, 0.3) is 0 Å². The first-order valence-corrected chi connectivity index (χ1v) is 6.61. The summed E-state index contributed by atoms with van der Waals surface area (Å²) in [5, 5.41) is 17.9. The number of amides is 1. The van der Waals surface area contributed by atoms with Gasteiger partial charge in [0.2, 0.25) is 5.91 Å². The molecular weight excluding hydrogens is 230 g/mol. The first-order chi connectivity index (χ1) is 8.60. The number of nitrogens with zero attached hydrogens (tertiary/aromatic N) is 3. The second kappa shape index (κ2) is 7.34. The Kier molecular flexibility index (Phi) is 6.10. The number of hydrogen-bond acceptors (Lipinski definition) is 4. The normalized spacial score (nSPS) is 21.6. The molecule has 1 fully saturated rings. The summed E-state index contributed by atoms with van der Waals surface area (Å²) in [5.41, 5.74) is 0. The summed E-state index contributed by atoms with van der Waals surface area (Å²) in [6.45, 7) is 7.19. The van der Waals surface area contributed by atoms with E-state index in [0.717, 1.165) is 19.5 Å². The van der Waals surface area contributed by atoms with E-state index in [9.17, 15) is 4.79 Å². The molecule has 0 radical (unpaired) electrons. The zero-order valence-corrected chi connectivity index (χ0v) is 11.3. The van der Waals surface area contributed by atoms with E-state index in [1.54, 1.807) is 4.90 Å². The molecule has 0 spiro atoms. The molecule has 1 amide bonds. The van der Waals surface area contributed by atoms with Crippen LogP contribution in [0.4, 0.5) is 0 Å². The van der Waals surface area contributed by atoms with Gasteiger partial charge in [-0.15, -0.1) is 0 Å². The van der Waals surface area contributed by atoms with Gasteiger partial charge in [-0.05, 0) is 32.7 Å². The smallest absolute Gasteiger partial charge is 0.236 e. The van der Waals surface area contributed by atoms with Gasteiger partial charge < -0.3 is 10.0 Å². The summed E-state index contributed by atoms with van der Waals surface area (Å²) in [5.74, 6) is 0.266. The van der Waals surface area contributed by atoms with E-state index in [-0.39, 0.29) is 18.4 Å². The number of aliphatic hydroxyl groups excluding tert-OH is 1. The van der Waals surface area contributed by atoms with Gasteiger partial charge in [0.05, 0.1) is 18.5 Å². The minimum absolute atomic E-state index is 0.0817. The maximum atomic E-state index is 12.1. The van der Waals surface area contributed by atoms with Crippen molar-refractivity contribution in [2.45, 2.75) is 20.3 Å². The van der Waals surface area contributed by atoms with Gasteiger partial charge in [0.1, 0.15) is 0 Å². The second-order valence-electron chi connectivity index (χ2n) is 5.03. The van der Waals surface area contributed by atoms with Crippen molar-refractivity contribution in [2.75, 3.05) is 39.3 Å². The lowest BCUT2D eigenvalue weighted by molar-refractivity contribution is -0.132. The standard InChI is InChI=1S/C13H23N3O2/c1-3-16(7-11(2)6-14)13(18)9-15-5-4-12(8-15)10-17/h11-12,17H,3-5,7-10H2,1-2H3/t11-,12+/m1/s1. The van der Waals surface area contributed by atoms with E-state index in [0.29, 0.717) is 25.6 Å². The molecular formula is C13H23N3O2.